The van der Waals surface area contributed by atoms with E-state index >= 15 is 0 Å². The van der Waals surface area contributed by atoms with Gasteiger partial charge in [0.1, 0.15) is 4.90 Å². The van der Waals surface area contributed by atoms with Crippen LogP contribution in [0, 0.1) is 0 Å². The Morgan fingerprint density at radius 3 is 2.62 bits per heavy atom. The van der Waals surface area contributed by atoms with E-state index in [2.05, 4.69) is 20.9 Å². The first-order valence-corrected chi connectivity index (χ1v) is 9.07. The molecule has 1 amide bonds. The first kappa shape index (κ1) is 20.6. The summed E-state index contributed by atoms with van der Waals surface area (Å²) < 4.78 is 30.8. The van der Waals surface area contributed by atoms with Crippen molar-refractivity contribution in [2.75, 3.05) is 20.8 Å². The second-order valence-corrected chi connectivity index (χ2v) is 7.43. The van der Waals surface area contributed by atoms with Crippen LogP contribution in [0.15, 0.2) is 23.1 Å². The fraction of sp³-hybridized carbons (Fsp3) is 0.385. The lowest BCUT2D eigenvalue weighted by molar-refractivity contribution is 0.0943. The zero-order chi connectivity index (χ0) is 18.3. The number of sulfonamides is 1. The molecule has 0 radical (unpaired) electrons. The number of rotatable bonds is 6. The minimum absolute atomic E-state index is 0.0134. The van der Waals surface area contributed by atoms with Gasteiger partial charge in [0.05, 0.1) is 11.6 Å². The molecule has 0 saturated carbocycles. The zero-order valence-electron chi connectivity index (χ0n) is 13.3. The molecule has 0 heterocycles. The van der Waals surface area contributed by atoms with Crippen molar-refractivity contribution in [2.45, 2.75) is 17.9 Å². The second-order valence-electron chi connectivity index (χ2n) is 4.76. The first-order chi connectivity index (χ1) is 11.2. The normalized spacial score (nSPS) is 12.3. The molecule has 0 aliphatic carbocycles. The maximum absolute atomic E-state index is 12.1. The highest BCUT2D eigenvalue weighted by atomic mass is 35.5. The standard InChI is InChI=1S/C13H19ClN4O4S2/c1-8(7-22-3)16-13(23)18-17-12(19)9-4-5-10(14)11(6-9)24(20,21)15-2/h4-6,8,15H,7H2,1-3H3,(H,17,19)(H2,16,18,23)/t8-/m0/s1. The molecule has 1 rings (SSSR count). The first-order valence-electron chi connectivity index (χ1n) is 6.80. The maximum atomic E-state index is 12.1. The van der Waals surface area contributed by atoms with E-state index in [9.17, 15) is 13.2 Å². The summed E-state index contributed by atoms with van der Waals surface area (Å²) in [6.45, 7) is 2.30. The summed E-state index contributed by atoms with van der Waals surface area (Å²) in [5, 5.41) is 3.11. The molecular formula is C13H19ClN4O4S2. The number of hydrogen-bond donors (Lipinski definition) is 4. The molecule has 11 heteroatoms. The quantitative estimate of drug-likeness (QED) is 0.408. The Hall–Kier alpha value is -1.46. The van der Waals surface area contributed by atoms with Gasteiger partial charge in [-0.25, -0.2) is 13.1 Å². The van der Waals surface area contributed by atoms with E-state index in [1.807, 2.05) is 6.92 Å². The van der Waals surface area contributed by atoms with Crippen LogP contribution in [0.5, 0.6) is 0 Å². The third kappa shape index (κ3) is 5.87. The molecule has 4 N–H and O–H groups in total. The van der Waals surface area contributed by atoms with Crippen molar-refractivity contribution in [3.05, 3.63) is 28.8 Å². The number of carbonyl (C=O) groups is 1. The van der Waals surface area contributed by atoms with Crippen LogP contribution >= 0.6 is 23.8 Å². The second kappa shape index (κ2) is 9.14. The van der Waals surface area contributed by atoms with Gasteiger partial charge in [0, 0.05) is 18.7 Å². The molecule has 8 nitrogen and oxygen atoms in total. The largest absolute Gasteiger partial charge is 0.383 e. The summed E-state index contributed by atoms with van der Waals surface area (Å²) in [6.07, 6.45) is 0. The molecule has 0 spiro atoms. The topological polar surface area (TPSA) is 109 Å². The van der Waals surface area contributed by atoms with Gasteiger partial charge in [0.15, 0.2) is 5.11 Å². The lowest BCUT2D eigenvalue weighted by Crippen LogP contribution is -2.49. The molecule has 1 aromatic rings. The van der Waals surface area contributed by atoms with Crippen LogP contribution in [0.3, 0.4) is 0 Å². The average molecular weight is 395 g/mol. The predicted molar refractivity (Wildman–Crippen MR) is 95.4 cm³/mol. The number of hydrogen-bond acceptors (Lipinski definition) is 5. The van der Waals surface area contributed by atoms with E-state index in [0.29, 0.717) is 6.61 Å². The van der Waals surface area contributed by atoms with Gasteiger partial charge >= 0.3 is 0 Å². The van der Waals surface area contributed by atoms with Crippen LogP contribution in [0.4, 0.5) is 0 Å². The molecule has 0 saturated heterocycles. The fourth-order valence-electron chi connectivity index (χ4n) is 1.70. The van der Waals surface area contributed by atoms with E-state index < -0.39 is 15.9 Å². The maximum Gasteiger partial charge on any atom is 0.269 e. The van der Waals surface area contributed by atoms with Gasteiger partial charge in [-0.15, -0.1) is 0 Å². The number of carbonyl (C=O) groups excluding carboxylic acids is 1. The van der Waals surface area contributed by atoms with Crippen molar-refractivity contribution >= 4 is 44.9 Å². The van der Waals surface area contributed by atoms with E-state index in [4.69, 9.17) is 28.6 Å². The van der Waals surface area contributed by atoms with Gasteiger partial charge in [-0.05, 0) is 44.4 Å². The Balaban J connectivity index is 2.76. The van der Waals surface area contributed by atoms with Gasteiger partial charge in [0.25, 0.3) is 5.91 Å². The Labute approximate surface area is 151 Å². The van der Waals surface area contributed by atoms with Gasteiger partial charge < -0.3 is 10.1 Å². The molecule has 0 aliphatic heterocycles. The predicted octanol–water partition coefficient (Wildman–Crippen LogP) is 0.392. The van der Waals surface area contributed by atoms with Crippen molar-refractivity contribution in [3.8, 4) is 0 Å². The minimum atomic E-state index is -3.77. The van der Waals surface area contributed by atoms with Crippen LogP contribution in [0.25, 0.3) is 0 Å². The van der Waals surface area contributed by atoms with E-state index in [1.165, 1.54) is 25.2 Å². The third-order valence-corrected chi connectivity index (χ3v) is 4.95. The molecule has 24 heavy (non-hydrogen) atoms. The molecule has 0 bridgehead atoms. The molecule has 0 unspecified atom stereocenters. The highest BCUT2D eigenvalue weighted by Crippen LogP contribution is 2.22. The average Bonchev–Trinajstić information content (AvgIpc) is 2.53. The summed E-state index contributed by atoms with van der Waals surface area (Å²) in [7, 11) is -0.954. The van der Waals surface area contributed by atoms with Crippen LogP contribution in [0.2, 0.25) is 5.02 Å². The van der Waals surface area contributed by atoms with Gasteiger partial charge in [-0.2, -0.15) is 0 Å². The summed E-state index contributed by atoms with van der Waals surface area (Å²) in [4.78, 5) is 11.9. The number of halogens is 1. The lowest BCUT2D eigenvalue weighted by atomic mass is 10.2. The number of amides is 1. The lowest BCUT2D eigenvalue weighted by Gasteiger charge is -2.16. The summed E-state index contributed by atoms with van der Waals surface area (Å²) in [5.41, 5.74) is 5.00. The Morgan fingerprint density at radius 1 is 1.38 bits per heavy atom. The van der Waals surface area contributed by atoms with Crippen molar-refractivity contribution in [3.63, 3.8) is 0 Å². The number of nitrogens with one attached hydrogen (secondary N) is 4. The zero-order valence-corrected chi connectivity index (χ0v) is 15.7. The van der Waals surface area contributed by atoms with Crippen LogP contribution in [-0.4, -0.2) is 46.2 Å². The molecule has 0 aromatic heterocycles. The van der Waals surface area contributed by atoms with Gasteiger partial charge in [0.2, 0.25) is 10.0 Å². The van der Waals surface area contributed by atoms with Crippen molar-refractivity contribution < 1.29 is 17.9 Å². The Kier molecular flexibility index (Phi) is 7.84. The number of hydrazine groups is 1. The van der Waals surface area contributed by atoms with Crippen LogP contribution in [-0.2, 0) is 14.8 Å². The number of ether oxygens (including phenoxy) is 1. The van der Waals surface area contributed by atoms with Gasteiger partial charge in [-0.3, -0.25) is 15.6 Å². The van der Waals surface area contributed by atoms with Crippen molar-refractivity contribution in [1.82, 2.24) is 20.9 Å². The fourth-order valence-corrected chi connectivity index (χ4v) is 3.20. The third-order valence-electron chi connectivity index (χ3n) is 2.84. The number of methoxy groups -OCH3 is 1. The summed E-state index contributed by atoms with van der Waals surface area (Å²) in [5.74, 6) is -0.567. The van der Waals surface area contributed by atoms with Crippen LogP contribution < -0.4 is 20.9 Å². The van der Waals surface area contributed by atoms with Crippen LogP contribution in [0.1, 0.15) is 17.3 Å². The molecule has 0 aliphatic rings. The Bertz CT molecular complexity index is 712. The van der Waals surface area contributed by atoms with E-state index in [1.54, 1.807) is 7.11 Å². The van der Waals surface area contributed by atoms with E-state index in [-0.39, 0.29) is 26.6 Å². The Morgan fingerprint density at radius 2 is 2.04 bits per heavy atom. The summed E-state index contributed by atoms with van der Waals surface area (Å²) in [6, 6.07) is 3.86. The SMILES string of the molecule is CNS(=O)(=O)c1cc(C(=O)NNC(=S)N[C@@H](C)COC)ccc1Cl. The van der Waals surface area contributed by atoms with Gasteiger partial charge in [-0.1, -0.05) is 11.6 Å². The monoisotopic (exact) mass is 394 g/mol. The highest BCUT2D eigenvalue weighted by Gasteiger charge is 2.18. The minimum Gasteiger partial charge on any atom is -0.383 e. The molecule has 0 fully saturated rings. The van der Waals surface area contributed by atoms with E-state index in [0.717, 1.165) is 0 Å². The number of thiocarbonyl (C=S) groups is 1. The molecular weight excluding hydrogens is 376 g/mol. The summed E-state index contributed by atoms with van der Waals surface area (Å²) >= 11 is 10.9. The smallest absolute Gasteiger partial charge is 0.269 e. The van der Waals surface area contributed by atoms with Crippen molar-refractivity contribution in [2.24, 2.45) is 0 Å². The van der Waals surface area contributed by atoms with Crippen molar-refractivity contribution in [1.29, 1.82) is 0 Å². The molecule has 1 aromatic carbocycles. The number of benzene rings is 1. The highest BCUT2D eigenvalue weighted by molar-refractivity contribution is 7.89. The molecule has 1 atom stereocenters. The molecule has 134 valence electrons.